The van der Waals surface area contributed by atoms with Gasteiger partial charge in [0, 0.05) is 17.1 Å². The van der Waals surface area contributed by atoms with E-state index in [0.29, 0.717) is 0 Å². The quantitative estimate of drug-likeness (QED) is 0.699. The normalized spacial score (nSPS) is 12.0. The summed E-state index contributed by atoms with van der Waals surface area (Å²) < 4.78 is 1.94. The summed E-state index contributed by atoms with van der Waals surface area (Å²) in [5, 5.41) is 6.69. The minimum atomic E-state index is 0.156. The first kappa shape index (κ1) is 16.2. The summed E-state index contributed by atoms with van der Waals surface area (Å²) in [4.78, 5) is 8.56. The number of aromatic nitrogens is 2. The molecule has 21 heavy (non-hydrogen) atoms. The first-order valence-corrected chi connectivity index (χ1v) is 8.46. The zero-order chi connectivity index (χ0) is 15.2. The maximum absolute atomic E-state index is 4.31. The number of hydrogen-bond acceptors (Lipinski definition) is 4. The van der Waals surface area contributed by atoms with E-state index in [0.717, 1.165) is 33.5 Å². The van der Waals surface area contributed by atoms with Crippen LogP contribution in [0.2, 0.25) is 0 Å². The molecule has 0 saturated carbocycles. The Morgan fingerprint density at radius 3 is 2.43 bits per heavy atom. The molecule has 0 amide bonds. The Kier molecular flexibility index (Phi) is 5.99. The molecule has 2 N–H and O–H groups in total. The monoisotopic (exact) mass is 412 g/mol. The minimum absolute atomic E-state index is 0.156. The largest absolute Gasteiger partial charge is 0.369 e. The molecule has 0 saturated heterocycles. The van der Waals surface area contributed by atoms with Gasteiger partial charge in [0.05, 0.1) is 0 Å². The lowest BCUT2D eigenvalue weighted by Gasteiger charge is -2.17. The van der Waals surface area contributed by atoms with E-state index >= 15 is 0 Å². The fourth-order valence-electron chi connectivity index (χ4n) is 1.88. The van der Waals surface area contributed by atoms with Crippen LogP contribution in [0.5, 0.6) is 0 Å². The number of rotatable bonds is 6. The van der Waals surface area contributed by atoms with Crippen molar-refractivity contribution >= 4 is 43.5 Å². The van der Waals surface area contributed by atoms with Crippen LogP contribution >= 0.6 is 31.9 Å². The van der Waals surface area contributed by atoms with Gasteiger partial charge in [-0.05, 0) is 47.0 Å². The predicted molar refractivity (Wildman–Crippen MR) is 94.7 cm³/mol. The second-order valence-corrected chi connectivity index (χ2v) is 6.44. The average Bonchev–Trinajstić information content (AvgIpc) is 2.49. The maximum atomic E-state index is 4.31. The lowest BCUT2D eigenvalue weighted by atomic mass is 10.1. The van der Waals surface area contributed by atoms with Crippen molar-refractivity contribution in [3.63, 3.8) is 0 Å². The Bertz CT molecular complexity index is 587. The fourth-order valence-corrected chi connectivity index (χ4v) is 2.60. The van der Waals surface area contributed by atoms with Crippen LogP contribution in [-0.2, 0) is 0 Å². The van der Waals surface area contributed by atoms with Crippen molar-refractivity contribution < 1.29 is 0 Å². The summed E-state index contributed by atoms with van der Waals surface area (Å²) in [6, 6.07) is 8.41. The van der Waals surface area contributed by atoms with Crippen LogP contribution in [0.4, 0.5) is 11.6 Å². The van der Waals surface area contributed by atoms with E-state index in [4.69, 9.17) is 0 Å². The Morgan fingerprint density at radius 1 is 1.10 bits per heavy atom. The van der Waals surface area contributed by atoms with E-state index < -0.39 is 0 Å². The van der Waals surface area contributed by atoms with Crippen molar-refractivity contribution in [2.75, 3.05) is 17.2 Å². The molecule has 0 spiro atoms. The van der Waals surface area contributed by atoms with Crippen LogP contribution in [0.15, 0.2) is 39.5 Å². The molecule has 6 heteroatoms. The summed E-state index contributed by atoms with van der Waals surface area (Å²) in [5.41, 5.74) is 1.20. The summed E-state index contributed by atoms with van der Waals surface area (Å²) in [6.07, 6.45) is 2.62. The molecule has 112 valence electrons. The number of nitrogens with one attached hydrogen (secondary N) is 2. The molecule has 2 rings (SSSR count). The van der Waals surface area contributed by atoms with Crippen LogP contribution in [0.3, 0.4) is 0 Å². The standard InChI is InChI=1S/C15H18Br2N4/c1-3-8-18-14-13(17)15(20-9-19-14)21-10(2)11-4-6-12(16)7-5-11/h4-7,9-10H,3,8H2,1-2H3,(H2,18,19,20,21). The van der Waals surface area contributed by atoms with Crippen molar-refractivity contribution in [1.29, 1.82) is 0 Å². The topological polar surface area (TPSA) is 49.8 Å². The highest BCUT2D eigenvalue weighted by atomic mass is 79.9. The first-order valence-electron chi connectivity index (χ1n) is 6.88. The van der Waals surface area contributed by atoms with Crippen LogP contribution in [0.25, 0.3) is 0 Å². The summed E-state index contributed by atoms with van der Waals surface area (Å²) >= 11 is 7.02. The van der Waals surface area contributed by atoms with Crippen LogP contribution in [0.1, 0.15) is 31.9 Å². The Morgan fingerprint density at radius 2 is 1.76 bits per heavy atom. The van der Waals surface area contributed by atoms with Gasteiger partial charge in [0.25, 0.3) is 0 Å². The Hall–Kier alpha value is -1.14. The van der Waals surface area contributed by atoms with E-state index in [1.165, 1.54) is 5.56 Å². The second kappa shape index (κ2) is 7.75. The zero-order valence-corrected chi connectivity index (χ0v) is 15.2. The number of hydrogen-bond donors (Lipinski definition) is 2. The average molecular weight is 414 g/mol. The maximum Gasteiger partial charge on any atom is 0.146 e. The molecule has 1 unspecified atom stereocenters. The summed E-state index contributed by atoms with van der Waals surface area (Å²) in [6.45, 7) is 5.12. The lowest BCUT2D eigenvalue weighted by molar-refractivity contribution is 0.868. The molecule has 0 bridgehead atoms. The highest BCUT2D eigenvalue weighted by Crippen LogP contribution is 2.29. The molecule has 0 aliphatic carbocycles. The van der Waals surface area contributed by atoms with E-state index in [-0.39, 0.29) is 6.04 Å². The highest BCUT2D eigenvalue weighted by molar-refractivity contribution is 9.11. The molecule has 0 aliphatic rings. The molecule has 1 aromatic heterocycles. The van der Waals surface area contributed by atoms with Gasteiger partial charge in [0.2, 0.25) is 0 Å². The van der Waals surface area contributed by atoms with Crippen molar-refractivity contribution in [3.8, 4) is 0 Å². The van der Waals surface area contributed by atoms with Gasteiger partial charge < -0.3 is 10.6 Å². The number of halogens is 2. The van der Waals surface area contributed by atoms with Gasteiger partial charge in [-0.1, -0.05) is 35.0 Å². The van der Waals surface area contributed by atoms with E-state index in [2.05, 4.69) is 78.4 Å². The van der Waals surface area contributed by atoms with Gasteiger partial charge in [-0.2, -0.15) is 0 Å². The molecule has 2 aromatic rings. The van der Waals surface area contributed by atoms with Crippen LogP contribution < -0.4 is 10.6 Å². The number of benzene rings is 1. The van der Waals surface area contributed by atoms with Gasteiger partial charge in [0.15, 0.2) is 0 Å². The third-order valence-electron chi connectivity index (χ3n) is 3.06. The van der Waals surface area contributed by atoms with Gasteiger partial charge in [0.1, 0.15) is 22.4 Å². The molecule has 0 radical (unpaired) electrons. The molecular formula is C15H18Br2N4. The number of nitrogens with zero attached hydrogens (tertiary/aromatic N) is 2. The highest BCUT2D eigenvalue weighted by Gasteiger charge is 2.12. The number of anilines is 2. The molecular weight excluding hydrogens is 396 g/mol. The Labute approximate surface area is 142 Å². The predicted octanol–water partition coefficient (Wildman–Crippen LogP) is 5.00. The van der Waals surface area contributed by atoms with E-state index in [1.54, 1.807) is 6.33 Å². The summed E-state index contributed by atoms with van der Waals surface area (Å²) in [5.74, 6) is 1.61. The lowest BCUT2D eigenvalue weighted by Crippen LogP contribution is -2.10. The third kappa shape index (κ3) is 4.41. The van der Waals surface area contributed by atoms with Crippen molar-refractivity contribution in [1.82, 2.24) is 9.97 Å². The van der Waals surface area contributed by atoms with Crippen molar-refractivity contribution in [3.05, 3.63) is 45.1 Å². The molecule has 0 fully saturated rings. The SMILES string of the molecule is CCCNc1ncnc(NC(C)c2ccc(Br)cc2)c1Br. The van der Waals surface area contributed by atoms with Gasteiger partial charge >= 0.3 is 0 Å². The van der Waals surface area contributed by atoms with Gasteiger partial charge in [-0.3, -0.25) is 0 Å². The second-order valence-electron chi connectivity index (χ2n) is 4.73. The van der Waals surface area contributed by atoms with E-state index in [1.807, 2.05) is 12.1 Å². The fraction of sp³-hybridized carbons (Fsp3) is 0.333. The van der Waals surface area contributed by atoms with Crippen LogP contribution in [0, 0.1) is 0 Å². The molecule has 1 heterocycles. The van der Waals surface area contributed by atoms with Gasteiger partial charge in [-0.15, -0.1) is 0 Å². The van der Waals surface area contributed by atoms with E-state index in [9.17, 15) is 0 Å². The van der Waals surface area contributed by atoms with Crippen LogP contribution in [-0.4, -0.2) is 16.5 Å². The molecule has 1 atom stereocenters. The molecule has 0 aliphatic heterocycles. The van der Waals surface area contributed by atoms with Crippen molar-refractivity contribution in [2.45, 2.75) is 26.3 Å². The zero-order valence-electron chi connectivity index (χ0n) is 12.0. The van der Waals surface area contributed by atoms with Gasteiger partial charge in [-0.25, -0.2) is 9.97 Å². The molecule has 1 aromatic carbocycles. The summed E-state index contributed by atoms with van der Waals surface area (Å²) in [7, 11) is 0. The molecule has 4 nitrogen and oxygen atoms in total. The third-order valence-corrected chi connectivity index (χ3v) is 4.33. The first-order chi connectivity index (χ1) is 10.1. The minimum Gasteiger partial charge on any atom is -0.369 e. The van der Waals surface area contributed by atoms with Crippen molar-refractivity contribution in [2.24, 2.45) is 0 Å². The smallest absolute Gasteiger partial charge is 0.146 e. The Balaban J connectivity index is 2.13.